The molecule has 0 atom stereocenters. The van der Waals surface area contributed by atoms with Gasteiger partial charge < -0.3 is 10.2 Å². The summed E-state index contributed by atoms with van der Waals surface area (Å²) in [4.78, 5) is 5.12. The van der Waals surface area contributed by atoms with Crippen molar-refractivity contribution in [2.75, 3.05) is 19.0 Å². The van der Waals surface area contributed by atoms with Crippen LogP contribution in [0.5, 0.6) is 0 Å². The lowest BCUT2D eigenvalue weighted by Crippen LogP contribution is -2.15. The zero-order valence-electron chi connectivity index (χ0n) is 12.2. The minimum Gasteiger partial charge on any atom is -0.369 e. The van der Waals surface area contributed by atoms with Crippen LogP contribution in [0.2, 0.25) is 0 Å². The van der Waals surface area contributed by atoms with Gasteiger partial charge in [-0.1, -0.05) is 6.07 Å². The maximum Gasteiger partial charge on any atom is 0.0519 e. The molecule has 0 aliphatic carbocycles. The molecular formula is C16H22N2S. The first-order valence-corrected chi connectivity index (χ1v) is 7.42. The number of nitrogens with one attached hydrogen (secondary N) is 1. The zero-order valence-corrected chi connectivity index (χ0v) is 13.0. The summed E-state index contributed by atoms with van der Waals surface area (Å²) >= 11 is 1.88. The van der Waals surface area contributed by atoms with Gasteiger partial charge in [-0.3, -0.25) is 0 Å². The first-order valence-electron chi connectivity index (χ1n) is 6.60. The van der Waals surface area contributed by atoms with Crippen LogP contribution in [0.3, 0.4) is 0 Å². The number of hydrogen-bond donors (Lipinski definition) is 1. The fraction of sp³-hybridized carbons (Fsp3) is 0.375. The van der Waals surface area contributed by atoms with Crippen molar-refractivity contribution in [3.8, 4) is 0 Å². The Morgan fingerprint density at radius 3 is 2.32 bits per heavy atom. The molecule has 1 aromatic heterocycles. The van der Waals surface area contributed by atoms with Gasteiger partial charge in [0, 0.05) is 29.0 Å². The molecule has 0 aliphatic rings. The Morgan fingerprint density at radius 2 is 1.68 bits per heavy atom. The van der Waals surface area contributed by atoms with Crippen molar-refractivity contribution in [1.29, 1.82) is 0 Å². The molecule has 0 fully saturated rings. The maximum atomic E-state index is 3.19. The van der Waals surface area contributed by atoms with E-state index in [0.717, 1.165) is 13.1 Å². The maximum absolute atomic E-state index is 3.19. The molecule has 0 radical (unpaired) electrons. The van der Waals surface area contributed by atoms with Gasteiger partial charge in [0.25, 0.3) is 0 Å². The van der Waals surface area contributed by atoms with Gasteiger partial charge in [0.05, 0.1) is 6.54 Å². The van der Waals surface area contributed by atoms with Crippen LogP contribution in [0.25, 0.3) is 0 Å². The molecule has 0 saturated heterocycles. The minimum atomic E-state index is 0.956. The van der Waals surface area contributed by atoms with Crippen molar-refractivity contribution in [2.45, 2.75) is 26.9 Å². The summed E-state index contributed by atoms with van der Waals surface area (Å²) < 4.78 is 0. The van der Waals surface area contributed by atoms with E-state index in [0.29, 0.717) is 0 Å². The summed E-state index contributed by atoms with van der Waals surface area (Å²) in [6, 6.07) is 11.2. The Balaban J connectivity index is 2.08. The highest BCUT2D eigenvalue weighted by atomic mass is 32.1. The molecule has 19 heavy (non-hydrogen) atoms. The first-order chi connectivity index (χ1) is 9.08. The lowest BCUT2D eigenvalue weighted by Gasteiger charge is -2.19. The predicted octanol–water partition coefficient (Wildman–Crippen LogP) is 3.72. The number of hydrogen-bond acceptors (Lipinski definition) is 3. The number of rotatable bonds is 5. The van der Waals surface area contributed by atoms with E-state index in [9.17, 15) is 0 Å². The van der Waals surface area contributed by atoms with Crippen LogP contribution >= 0.6 is 11.3 Å². The van der Waals surface area contributed by atoms with E-state index in [1.807, 2.05) is 18.4 Å². The van der Waals surface area contributed by atoms with Crippen molar-refractivity contribution in [1.82, 2.24) is 5.32 Å². The second kappa shape index (κ2) is 6.22. The third kappa shape index (κ3) is 3.82. The Hall–Kier alpha value is -1.32. The standard InChI is InChI=1S/C16H22N2S/c1-12-7-13(2)9-14(8-12)18(4)11-16-6-5-15(19-16)10-17-3/h5-9,17H,10-11H2,1-4H3. The topological polar surface area (TPSA) is 15.3 Å². The number of benzene rings is 1. The van der Waals surface area contributed by atoms with E-state index in [1.165, 1.54) is 26.6 Å². The number of aryl methyl sites for hydroxylation is 2. The van der Waals surface area contributed by atoms with Crippen LogP contribution in [-0.4, -0.2) is 14.1 Å². The summed E-state index contributed by atoms with van der Waals surface area (Å²) in [6.45, 7) is 6.23. The SMILES string of the molecule is CNCc1ccc(CN(C)c2cc(C)cc(C)c2)s1. The molecule has 0 amide bonds. The minimum absolute atomic E-state index is 0.956. The second-order valence-electron chi connectivity index (χ2n) is 5.10. The highest BCUT2D eigenvalue weighted by Crippen LogP contribution is 2.23. The highest BCUT2D eigenvalue weighted by Gasteiger charge is 2.06. The van der Waals surface area contributed by atoms with Crippen LogP contribution < -0.4 is 10.2 Å². The van der Waals surface area contributed by atoms with Gasteiger partial charge in [0.15, 0.2) is 0 Å². The third-order valence-corrected chi connectivity index (χ3v) is 4.18. The molecular weight excluding hydrogens is 252 g/mol. The van der Waals surface area contributed by atoms with Gasteiger partial charge in [-0.15, -0.1) is 11.3 Å². The second-order valence-corrected chi connectivity index (χ2v) is 6.35. The monoisotopic (exact) mass is 274 g/mol. The average molecular weight is 274 g/mol. The number of thiophene rings is 1. The van der Waals surface area contributed by atoms with Gasteiger partial charge in [0.2, 0.25) is 0 Å². The van der Waals surface area contributed by atoms with Crippen LogP contribution in [-0.2, 0) is 13.1 Å². The zero-order chi connectivity index (χ0) is 13.8. The Labute approximate surface area is 120 Å². The van der Waals surface area contributed by atoms with E-state index < -0.39 is 0 Å². The summed E-state index contributed by atoms with van der Waals surface area (Å²) in [5.41, 5.74) is 3.94. The predicted molar refractivity (Wildman–Crippen MR) is 85.1 cm³/mol. The molecule has 0 spiro atoms. The smallest absolute Gasteiger partial charge is 0.0519 e. The van der Waals surface area contributed by atoms with Crippen LogP contribution in [0.15, 0.2) is 30.3 Å². The summed E-state index contributed by atoms with van der Waals surface area (Å²) in [6.07, 6.45) is 0. The van der Waals surface area contributed by atoms with Crippen LogP contribution in [0, 0.1) is 13.8 Å². The molecule has 0 aliphatic heterocycles. The molecule has 2 aromatic rings. The molecule has 2 nitrogen and oxygen atoms in total. The van der Waals surface area contributed by atoms with Gasteiger partial charge in [-0.2, -0.15) is 0 Å². The first kappa shape index (κ1) is 14.1. The molecule has 0 bridgehead atoms. The van der Waals surface area contributed by atoms with Crippen LogP contribution in [0.1, 0.15) is 20.9 Å². The molecule has 2 rings (SSSR count). The fourth-order valence-corrected chi connectivity index (χ4v) is 3.36. The molecule has 1 aromatic carbocycles. The molecule has 3 heteroatoms. The normalized spacial score (nSPS) is 10.7. The van der Waals surface area contributed by atoms with E-state index in [1.54, 1.807) is 0 Å². The van der Waals surface area contributed by atoms with Gasteiger partial charge in [-0.25, -0.2) is 0 Å². The Morgan fingerprint density at radius 1 is 1.05 bits per heavy atom. The Kier molecular flexibility index (Phi) is 4.61. The quantitative estimate of drug-likeness (QED) is 0.894. The molecule has 0 unspecified atom stereocenters. The fourth-order valence-electron chi connectivity index (χ4n) is 2.27. The van der Waals surface area contributed by atoms with E-state index in [4.69, 9.17) is 0 Å². The van der Waals surface area contributed by atoms with Crippen molar-refractivity contribution in [2.24, 2.45) is 0 Å². The van der Waals surface area contributed by atoms with E-state index in [2.05, 4.69) is 61.4 Å². The van der Waals surface area contributed by atoms with Gasteiger partial charge in [0.1, 0.15) is 0 Å². The molecule has 1 N–H and O–H groups in total. The lowest BCUT2D eigenvalue weighted by molar-refractivity contribution is 0.831. The number of anilines is 1. The number of nitrogens with zero attached hydrogens (tertiary/aromatic N) is 1. The summed E-state index contributed by atoms with van der Waals surface area (Å²) in [5.74, 6) is 0. The van der Waals surface area contributed by atoms with Crippen molar-refractivity contribution in [3.63, 3.8) is 0 Å². The largest absolute Gasteiger partial charge is 0.369 e. The van der Waals surface area contributed by atoms with Crippen molar-refractivity contribution >= 4 is 17.0 Å². The summed E-state index contributed by atoms with van der Waals surface area (Å²) in [5, 5.41) is 3.19. The van der Waals surface area contributed by atoms with Crippen LogP contribution in [0.4, 0.5) is 5.69 Å². The molecule has 0 saturated carbocycles. The third-order valence-electron chi connectivity index (χ3n) is 3.11. The van der Waals surface area contributed by atoms with Crippen molar-refractivity contribution < 1.29 is 0 Å². The van der Waals surface area contributed by atoms with E-state index >= 15 is 0 Å². The average Bonchev–Trinajstić information content (AvgIpc) is 2.76. The van der Waals surface area contributed by atoms with Gasteiger partial charge in [-0.05, 0) is 56.3 Å². The summed E-state index contributed by atoms with van der Waals surface area (Å²) in [7, 11) is 4.15. The van der Waals surface area contributed by atoms with Gasteiger partial charge >= 0.3 is 0 Å². The lowest BCUT2D eigenvalue weighted by atomic mass is 10.1. The molecule has 1 heterocycles. The Bertz CT molecular complexity index is 525. The van der Waals surface area contributed by atoms with E-state index in [-0.39, 0.29) is 0 Å². The highest BCUT2D eigenvalue weighted by molar-refractivity contribution is 7.12. The van der Waals surface area contributed by atoms with Crippen molar-refractivity contribution in [3.05, 3.63) is 51.2 Å². The molecule has 102 valence electrons.